The molecule has 2 atom stereocenters. The predicted molar refractivity (Wildman–Crippen MR) is 101 cm³/mol. The molecule has 152 valence electrons. The molecule has 0 saturated heterocycles. The highest BCUT2D eigenvalue weighted by Gasteiger charge is 2.58. The standard InChI is InChI=1S/C20H18ClNO7/c21-12-3-1-2-11(6-12)15(23)9-22-13-7-10-4-5-16-17(14(10)8-13)29-20(28-16,18(24)25)19(26)27/h1-6,13,15,22-23H,7-9H2,(H,24,25)(H,26,27)/t13-,15+/m1/s1. The van der Waals surface area contributed by atoms with Crippen LogP contribution in [0.1, 0.15) is 22.8 Å². The molecule has 0 spiro atoms. The van der Waals surface area contributed by atoms with E-state index in [1.54, 1.807) is 30.3 Å². The van der Waals surface area contributed by atoms with Gasteiger partial charge in [-0.2, -0.15) is 0 Å². The number of carbonyl (C=O) groups is 2. The van der Waals surface area contributed by atoms with Gasteiger partial charge in [0, 0.05) is 23.2 Å². The first-order chi connectivity index (χ1) is 13.8. The Bertz CT molecular complexity index is 979. The van der Waals surface area contributed by atoms with E-state index in [2.05, 4.69) is 5.32 Å². The van der Waals surface area contributed by atoms with Crippen LogP contribution in [0, 0.1) is 0 Å². The van der Waals surface area contributed by atoms with E-state index in [0.717, 1.165) is 5.56 Å². The SMILES string of the molecule is O=C(O)C1(C(=O)O)Oc2ccc3c(c2O1)C[C@H](NC[C@H](O)c1cccc(Cl)c1)C3. The third kappa shape index (κ3) is 3.39. The average Bonchev–Trinajstić information content (AvgIpc) is 3.27. The minimum absolute atomic E-state index is 0.0291. The Morgan fingerprint density at radius 2 is 1.93 bits per heavy atom. The largest absolute Gasteiger partial charge is 0.475 e. The molecular weight excluding hydrogens is 402 g/mol. The molecule has 0 saturated carbocycles. The highest BCUT2D eigenvalue weighted by molar-refractivity contribution is 6.30. The normalized spacial score (nSPS) is 19.6. The first-order valence-electron chi connectivity index (χ1n) is 8.96. The molecule has 9 heteroatoms. The summed E-state index contributed by atoms with van der Waals surface area (Å²) in [5.41, 5.74) is 2.32. The number of aliphatic carboxylic acids is 2. The van der Waals surface area contributed by atoms with E-state index in [0.29, 0.717) is 35.5 Å². The number of aliphatic hydroxyl groups is 1. The van der Waals surface area contributed by atoms with E-state index in [9.17, 15) is 24.9 Å². The van der Waals surface area contributed by atoms with Crippen molar-refractivity contribution in [3.63, 3.8) is 0 Å². The molecule has 0 aromatic heterocycles. The van der Waals surface area contributed by atoms with Crippen LogP contribution in [0.25, 0.3) is 0 Å². The number of carboxylic acid groups (broad SMARTS) is 2. The Labute approximate surface area is 170 Å². The quantitative estimate of drug-likeness (QED) is 0.522. The van der Waals surface area contributed by atoms with Crippen molar-refractivity contribution >= 4 is 23.5 Å². The second kappa shape index (κ2) is 7.22. The number of hydrogen-bond donors (Lipinski definition) is 4. The van der Waals surface area contributed by atoms with E-state index < -0.39 is 23.8 Å². The van der Waals surface area contributed by atoms with Gasteiger partial charge in [-0.15, -0.1) is 0 Å². The number of benzene rings is 2. The van der Waals surface area contributed by atoms with Crippen LogP contribution in [0.3, 0.4) is 0 Å². The molecule has 0 unspecified atom stereocenters. The van der Waals surface area contributed by atoms with Crippen LogP contribution in [-0.2, 0) is 22.4 Å². The fourth-order valence-electron chi connectivity index (χ4n) is 3.68. The van der Waals surface area contributed by atoms with Gasteiger partial charge in [0.05, 0.1) is 6.10 Å². The molecule has 1 aliphatic heterocycles. The number of ether oxygens (including phenoxy) is 2. The van der Waals surface area contributed by atoms with Crippen LogP contribution >= 0.6 is 11.6 Å². The number of hydrogen-bond acceptors (Lipinski definition) is 6. The number of halogens is 1. The Morgan fingerprint density at radius 1 is 1.17 bits per heavy atom. The maximum atomic E-state index is 11.5. The summed E-state index contributed by atoms with van der Waals surface area (Å²) >= 11 is 5.96. The molecular formula is C20H18ClNO7. The van der Waals surface area contributed by atoms with Crippen LogP contribution < -0.4 is 14.8 Å². The van der Waals surface area contributed by atoms with E-state index in [-0.39, 0.29) is 17.5 Å². The van der Waals surface area contributed by atoms with Crippen molar-refractivity contribution in [3.8, 4) is 11.5 Å². The topological polar surface area (TPSA) is 125 Å². The van der Waals surface area contributed by atoms with Crippen molar-refractivity contribution in [1.82, 2.24) is 5.32 Å². The zero-order chi connectivity index (χ0) is 20.8. The minimum atomic E-state index is -2.77. The summed E-state index contributed by atoms with van der Waals surface area (Å²) in [6, 6.07) is 10.2. The molecule has 8 nitrogen and oxygen atoms in total. The van der Waals surface area contributed by atoms with Gasteiger partial charge >= 0.3 is 17.7 Å². The molecule has 2 aromatic carbocycles. The fraction of sp³-hybridized carbons (Fsp3) is 0.300. The maximum Gasteiger partial charge on any atom is 0.453 e. The smallest absolute Gasteiger partial charge is 0.453 e. The molecule has 2 aliphatic rings. The van der Waals surface area contributed by atoms with E-state index in [1.807, 2.05) is 0 Å². The van der Waals surface area contributed by atoms with Crippen molar-refractivity contribution in [2.45, 2.75) is 30.8 Å². The Morgan fingerprint density at radius 3 is 2.62 bits per heavy atom. The molecule has 1 heterocycles. The molecule has 0 amide bonds. The number of fused-ring (bicyclic) bond motifs is 3. The summed E-state index contributed by atoms with van der Waals surface area (Å²) in [6.07, 6.45) is 0.371. The summed E-state index contributed by atoms with van der Waals surface area (Å²) < 4.78 is 10.5. The van der Waals surface area contributed by atoms with E-state index in [4.69, 9.17) is 21.1 Å². The lowest BCUT2D eigenvalue weighted by molar-refractivity contribution is -0.194. The summed E-state index contributed by atoms with van der Waals surface area (Å²) in [4.78, 5) is 22.9. The summed E-state index contributed by atoms with van der Waals surface area (Å²) in [7, 11) is 0. The van der Waals surface area contributed by atoms with Gasteiger partial charge in [0.2, 0.25) is 0 Å². The van der Waals surface area contributed by atoms with Gasteiger partial charge in [-0.3, -0.25) is 0 Å². The Hall–Kier alpha value is -2.81. The highest BCUT2D eigenvalue weighted by Crippen LogP contribution is 2.46. The lowest BCUT2D eigenvalue weighted by atomic mass is 10.1. The van der Waals surface area contributed by atoms with Crippen molar-refractivity contribution in [1.29, 1.82) is 0 Å². The second-order valence-electron chi connectivity index (χ2n) is 7.05. The first-order valence-corrected chi connectivity index (χ1v) is 9.34. The zero-order valence-electron chi connectivity index (χ0n) is 15.1. The van der Waals surface area contributed by atoms with Crippen LogP contribution in [0.2, 0.25) is 5.02 Å². The molecule has 4 N–H and O–H groups in total. The van der Waals surface area contributed by atoms with Crippen LogP contribution in [0.15, 0.2) is 36.4 Å². The number of nitrogens with one attached hydrogen (secondary N) is 1. The monoisotopic (exact) mass is 419 g/mol. The molecule has 29 heavy (non-hydrogen) atoms. The second-order valence-corrected chi connectivity index (χ2v) is 7.48. The minimum Gasteiger partial charge on any atom is -0.475 e. The van der Waals surface area contributed by atoms with Crippen molar-refractivity contribution in [2.75, 3.05) is 6.54 Å². The third-order valence-corrected chi connectivity index (χ3v) is 5.37. The number of carboxylic acids is 2. The van der Waals surface area contributed by atoms with Crippen molar-refractivity contribution < 1.29 is 34.4 Å². The number of aliphatic hydroxyl groups excluding tert-OH is 1. The molecule has 0 fully saturated rings. The predicted octanol–water partition coefficient (Wildman–Crippen LogP) is 1.77. The maximum absolute atomic E-state index is 11.5. The fourth-order valence-corrected chi connectivity index (χ4v) is 3.88. The molecule has 0 radical (unpaired) electrons. The Kier molecular flexibility index (Phi) is 4.85. The van der Waals surface area contributed by atoms with Gasteiger partial charge in [0.1, 0.15) is 0 Å². The average molecular weight is 420 g/mol. The molecule has 2 aromatic rings. The number of rotatable bonds is 6. The van der Waals surface area contributed by atoms with Gasteiger partial charge in [-0.25, -0.2) is 9.59 Å². The first kappa shape index (κ1) is 19.5. The van der Waals surface area contributed by atoms with Crippen molar-refractivity contribution in [2.24, 2.45) is 0 Å². The van der Waals surface area contributed by atoms with Crippen LogP contribution in [-0.4, -0.2) is 45.6 Å². The highest BCUT2D eigenvalue weighted by atomic mass is 35.5. The lowest BCUT2D eigenvalue weighted by Crippen LogP contribution is -2.54. The summed E-state index contributed by atoms with van der Waals surface area (Å²) in [5, 5.41) is 32.8. The van der Waals surface area contributed by atoms with Crippen LogP contribution in [0.4, 0.5) is 0 Å². The van der Waals surface area contributed by atoms with Gasteiger partial charge in [0.25, 0.3) is 0 Å². The Balaban J connectivity index is 1.47. The van der Waals surface area contributed by atoms with Crippen molar-refractivity contribution in [3.05, 3.63) is 58.1 Å². The van der Waals surface area contributed by atoms with Gasteiger partial charge in [-0.05, 0) is 42.2 Å². The lowest BCUT2D eigenvalue weighted by Gasteiger charge is -2.18. The van der Waals surface area contributed by atoms with E-state index in [1.165, 1.54) is 6.07 Å². The van der Waals surface area contributed by atoms with Crippen LogP contribution in [0.5, 0.6) is 11.5 Å². The van der Waals surface area contributed by atoms with Gasteiger partial charge in [0.15, 0.2) is 11.5 Å². The third-order valence-electron chi connectivity index (χ3n) is 5.13. The zero-order valence-corrected chi connectivity index (χ0v) is 15.8. The molecule has 4 rings (SSSR count). The summed E-state index contributed by atoms with van der Waals surface area (Å²) in [5.74, 6) is -5.99. The van der Waals surface area contributed by atoms with Gasteiger partial charge < -0.3 is 30.1 Å². The van der Waals surface area contributed by atoms with E-state index >= 15 is 0 Å². The van der Waals surface area contributed by atoms with Gasteiger partial charge in [-0.1, -0.05) is 29.8 Å². The summed E-state index contributed by atoms with van der Waals surface area (Å²) in [6.45, 7) is 0.298. The molecule has 1 aliphatic carbocycles. The molecule has 0 bridgehead atoms.